The second kappa shape index (κ2) is 8.34. The summed E-state index contributed by atoms with van der Waals surface area (Å²) in [6.07, 6.45) is 0. The zero-order chi connectivity index (χ0) is 18.5. The van der Waals surface area contributed by atoms with Crippen LogP contribution in [0, 0.1) is 0 Å². The highest BCUT2D eigenvalue weighted by atomic mass is 16.5. The van der Waals surface area contributed by atoms with Gasteiger partial charge in [0.15, 0.2) is 0 Å². The highest BCUT2D eigenvalue weighted by Gasteiger charge is 2.14. The largest absolute Gasteiger partial charge is 0.379 e. The summed E-state index contributed by atoms with van der Waals surface area (Å²) in [6.45, 7) is 3.75. The number of nitrogens with one attached hydrogen (secondary N) is 1. The van der Waals surface area contributed by atoms with Gasteiger partial charge in [-0.1, -0.05) is 84.9 Å². The highest BCUT2D eigenvalue weighted by Crippen LogP contribution is 2.19. The molecule has 2 heteroatoms. The van der Waals surface area contributed by atoms with Crippen molar-refractivity contribution < 1.29 is 9.64 Å². The normalized spacial score (nSPS) is 11.5. The molecular weight excluding hydrogens is 330 g/mol. The molecular formula is C25H26NO+. The summed E-state index contributed by atoms with van der Waals surface area (Å²) < 4.78 is 5.40. The lowest BCUT2D eigenvalue weighted by molar-refractivity contribution is -0.927. The van der Waals surface area contributed by atoms with E-state index in [2.05, 4.69) is 84.9 Å². The molecule has 1 N–H and O–H groups in total. The third-order valence-corrected chi connectivity index (χ3v) is 5.30. The molecule has 0 unspecified atom stereocenters. The van der Waals surface area contributed by atoms with Gasteiger partial charge in [0, 0.05) is 18.2 Å². The first-order chi connectivity index (χ1) is 13.3. The van der Waals surface area contributed by atoms with Gasteiger partial charge in [-0.3, -0.25) is 0 Å². The van der Waals surface area contributed by atoms with E-state index in [-0.39, 0.29) is 0 Å². The van der Waals surface area contributed by atoms with Crippen LogP contribution in [0.3, 0.4) is 0 Å². The summed E-state index contributed by atoms with van der Waals surface area (Å²) in [5, 5.41) is 5.33. The van der Waals surface area contributed by atoms with Crippen molar-refractivity contribution in [2.45, 2.75) is 13.1 Å². The van der Waals surface area contributed by atoms with E-state index in [0.29, 0.717) is 0 Å². The van der Waals surface area contributed by atoms with Gasteiger partial charge in [0.25, 0.3) is 0 Å². The molecule has 0 aliphatic rings. The molecule has 0 saturated heterocycles. The average Bonchev–Trinajstić information content (AvgIpc) is 2.72. The number of quaternary nitrogens is 1. The first-order valence-corrected chi connectivity index (χ1v) is 9.61. The maximum absolute atomic E-state index is 5.40. The maximum Gasteiger partial charge on any atom is 0.104 e. The zero-order valence-corrected chi connectivity index (χ0v) is 15.8. The lowest BCUT2D eigenvalue weighted by atomic mass is 10.0. The SMILES string of the molecule is COCC[NH+](Cc1cccc2ccccc12)Cc1cccc2ccccc12. The van der Waals surface area contributed by atoms with Crippen LogP contribution in [0.5, 0.6) is 0 Å². The van der Waals surface area contributed by atoms with Gasteiger partial charge in [-0.2, -0.15) is 0 Å². The van der Waals surface area contributed by atoms with E-state index in [9.17, 15) is 0 Å². The van der Waals surface area contributed by atoms with Crippen molar-refractivity contribution in [3.63, 3.8) is 0 Å². The molecule has 2 nitrogen and oxygen atoms in total. The van der Waals surface area contributed by atoms with Crippen LogP contribution in [0.25, 0.3) is 21.5 Å². The van der Waals surface area contributed by atoms with Crippen LogP contribution in [-0.2, 0) is 17.8 Å². The number of hydrogen-bond donors (Lipinski definition) is 1. The number of rotatable bonds is 7. The van der Waals surface area contributed by atoms with Crippen molar-refractivity contribution >= 4 is 21.5 Å². The van der Waals surface area contributed by atoms with E-state index >= 15 is 0 Å². The van der Waals surface area contributed by atoms with E-state index in [1.807, 2.05) is 0 Å². The smallest absolute Gasteiger partial charge is 0.104 e. The minimum atomic E-state index is 0.769. The molecule has 0 aliphatic heterocycles. The molecule has 4 rings (SSSR count). The molecule has 0 radical (unpaired) electrons. The van der Waals surface area contributed by atoms with Crippen LogP contribution < -0.4 is 4.90 Å². The van der Waals surface area contributed by atoms with Gasteiger partial charge >= 0.3 is 0 Å². The third-order valence-electron chi connectivity index (χ3n) is 5.30. The minimum Gasteiger partial charge on any atom is -0.379 e. The van der Waals surface area contributed by atoms with Gasteiger partial charge in [0.05, 0.1) is 6.61 Å². The Kier molecular flexibility index (Phi) is 5.47. The topological polar surface area (TPSA) is 13.7 Å². The number of benzene rings is 4. The second-order valence-corrected chi connectivity index (χ2v) is 7.12. The van der Waals surface area contributed by atoms with Crippen LogP contribution in [0.2, 0.25) is 0 Å². The van der Waals surface area contributed by atoms with E-state index in [1.54, 1.807) is 7.11 Å². The van der Waals surface area contributed by atoms with Crippen molar-refractivity contribution in [1.82, 2.24) is 0 Å². The summed E-state index contributed by atoms with van der Waals surface area (Å²) in [5.74, 6) is 0. The van der Waals surface area contributed by atoms with Gasteiger partial charge < -0.3 is 9.64 Å². The Morgan fingerprint density at radius 2 is 1.11 bits per heavy atom. The number of hydrogen-bond acceptors (Lipinski definition) is 1. The summed E-state index contributed by atoms with van der Waals surface area (Å²) >= 11 is 0. The first-order valence-electron chi connectivity index (χ1n) is 9.61. The first kappa shape index (κ1) is 17.7. The fourth-order valence-electron chi connectivity index (χ4n) is 3.92. The second-order valence-electron chi connectivity index (χ2n) is 7.12. The molecule has 0 amide bonds. The Bertz CT molecular complexity index is 949. The van der Waals surface area contributed by atoms with Crippen LogP contribution in [0.4, 0.5) is 0 Å². The molecule has 0 fully saturated rings. The molecule has 0 spiro atoms. The Hall–Kier alpha value is -2.68. The molecule has 0 aliphatic carbocycles. The standard InChI is InChI=1S/C25H25NO/c1-27-17-16-26(18-22-12-6-10-20-8-2-4-14-24(20)22)19-23-13-7-11-21-9-3-5-15-25(21)23/h2-15H,16-19H2,1H3/p+1. The molecule has 0 saturated carbocycles. The van der Waals surface area contributed by atoms with Gasteiger partial charge in [-0.05, 0) is 21.5 Å². The number of methoxy groups -OCH3 is 1. The predicted octanol–water partition coefficient (Wildman–Crippen LogP) is 4.22. The van der Waals surface area contributed by atoms with Crippen molar-refractivity contribution in [1.29, 1.82) is 0 Å². The summed E-state index contributed by atoms with van der Waals surface area (Å²) in [5.41, 5.74) is 2.80. The molecule has 0 bridgehead atoms. The fourth-order valence-corrected chi connectivity index (χ4v) is 3.92. The number of fused-ring (bicyclic) bond motifs is 2. The lowest BCUT2D eigenvalue weighted by Crippen LogP contribution is -3.09. The molecule has 0 heterocycles. The summed E-state index contributed by atoms with van der Waals surface area (Å²) in [4.78, 5) is 1.52. The molecule has 4 aromatic rings. The van der Waals surface area contributed by atoms with Crippen LogP contribution in [-0.4, -0.2) is 20.3 Å². The maximum atomic E-state index is 5.40. The Balaban J connectivity index is 1.65. The average molecular weight is 356 g/mol. The van der Waals surface area contributed by atoms with Crippen molar-refractivity contribution in [2.75, 3.05) is 20.3 Å². The molecule has 4 aromatic carbocycles. The quantitative estimate of drug-likeness (QED) is 0.523. The van der Waals surface area contributed by atoms with Crippen LogP contribution in [0.15, 0.2) is 84.9 Å². The molecule has 0 aromatic heterocycles. The zero-order valence-electron chi connectivity index (χ0n) is 15.8. The molecule has 136 valence electrons. The Labute approximate surface area is 161 Å². The lowest BCUT2D eigenvalue weighted by Gasteiger charge is -2.21. The van der Waals surface area contributed by atoms with Gasteiger partial charge in [-0.15, -0.1) is 0 Å². The summed E-state index contributed by atoms with van der Waals surface area (Å²) in [6, 6.07) is 30.6. The monoisotopic (exact) mass is 356 g/mol. The number of ether oxygens (including phenoxy) is 1. The van der Waals surface area contributed by atoms with Crippen LogP contribution in [0.1, 0.15) is 11.1 Å². The van der Waals surface area contributed by atoms with Crippen molar-refractivity contribution in [3.8, 4) is 0 Å². The van der Waals surface area contributed by atoms with E-state index in [4.69, 9.17) is 4.74 Å². The Morgan fingerprint density at radius 1 is 0.630 bits per heavy atom. The Morgan fingerprint density at radius 3 is 1.63 bits per heavy atom. The van der Waals surface area contributed by atoms with Crippen LogP contribution >= 0.6 is 0 Å². The fraction of sp³-hybridized carbons (Fsp3) is 0.200. The van der Waals surface area contributed by atoms with Gasteiger partial charge in [0.1, 0.15) is 19.6 Å². The van der Waals surface area contributed by atoms with Gasteiger partial charge in [-0.25, -0.2) is 0 Å². The van der Waals surface area contributed by atoms with Crippen molar-refractivity contribution in [3.05, 3.63) is 96.1 Å². The van der Waals surface area contributed by atoms with E-state index in [1.165, 1.54) is 37.6 Å². The summed E-state index contributed by atoms with van der Waals surface area (Å²) in [7, 11) is 1.79. The van der Waals surface area contributed by atoms with E-state index < -0.39 is 0 Å². The van der Waals surface area contributed by atoms with Gasteiger partial charge in [0.2, 0.25) is 0 Å². The minimum absolute atomic E-state index is 0.769. The predicted molar refractivity (Wildman–Crippen MR) is 113 cm³/mol. The van der Waals surface area contributed by atoms with E-state index in [0.717, 1.165) is 26.2 Å². The third kappa shape index (κ3) is 4.02. The van der Waals surface area contributed by atoms with Crippen molar-refractivity contribution in [2.24, 2.45) is 0 Å². The highest BCUT2D eigenvalue weighted by molar-refractivity contribution is 5.86. The molecule has 0 atom stereocenters. The molecule has 27 heavy (non-hydrogen) atoms.